The van der Waals surface area contributed by atoms with Crippen LogP contribution in [0, 0.1) is 0 Å². The lowest BCUT2D eigenvalue weighted by molar-refractivity contribution is 0.120. The summed E-state index contributed by atoms with van der Waals surface area (Å²) in [7, 11) is 1.52. The van der Waals surface area contributed by atoms with Crippen LogP contribution in [-0.4, -0.2) is 27.7 Å². The molecule has 0 spiro atoms. The minimum absolute atomic E-state index is 0.0276. The number of halogens is 1. The molecule has 0 aromatic heterocycles. The van der Waals surface area contributed by atoms with E-state index in [-0.39, 0.29) is 10.8 Å². The van der Waals surface area contributed by atoms with E-state index >= 15 is 0 Å². The molecule has 1 aliphatic rings. The summed E-state index contributed by atoms with van der Waals surface area (Å²) in [4.78, 5) is 10.9. The van der Waals surface area contributed by atoms with E-state index in [9.17, 15) is 13.2 Å². The highest BCUT2D eigenvalue weighted by molar-refractivity contribution is 8.13. The number of hydrogen-bond donors (Lipinski definition) is 1. The van der Waals surface area contributed by atoms with Gasteiger partial charge >= 0.3 is 6.09 Å². The molecule has 0 saturated carbocycles. The van der Waals surface area contributed by atoms with E-state index < -0.39 is 15.1 Å². The number of alkyl carbamates (subject to hydrolysis) is 1. The number of nitrogens with one attached hydrogen (secondary N) is 1. The molecule has 1 unspecified atom stereocenters. The van der Waals surface area contributed by atoms with Crippen molar-refractivity contribution in [3.63, 3.8) is 0 Å². The Labute approximate surface area is 103 Å². The molecular formula is C10H10ClNO4S. The summed E-state index contributed by atoms with van der Waals surface area (Å²) in [5.41, 5.74) is 0.897. The van der Waals surface area contributed by atoms with Gasteiger partial charge in [-0.15, -0.1) is 0 Å². The second-order valence-electron chi connectivity index (χ2n) is 3.68. The van der Waals surface area contributed by atoms with Crippen LogP contribution in [0.4, 0.5) is 4.79 Å². The van der Waals surface area contributed by atoms with Crippen LogP contribution < -0.4 is 5.32 Å². The molecule has 1 saturated heterocycles. The number of ether oxygens (including phenoxy) is 1. The summed E-state index contributed by atoms with van der Waals surface area (Å²) in [5, 5.41) is 2.57. The Kier molecular flexibility index (Phi) is 3.26. The SMILES string of the molecule is O=C1NCC(c2ccc(S(=O)(=O)Cl)cc2)CO1. The third-order valence-corrected chi connectivity index (χ3v) is 3.91. The molecule has 0 bridgehead atoms. The van der Waals surface area contributed by atoms with Crippen molar-refractivity contribution < 1.29 is 17.9 Å². The third kappa shape index (κ3) is 2.89. The van der Waals surface area contributed by atoms with E-state index in [0.29, 0.717) is 13.2 Å². The normalized spacial score (nSPS) is 20.5. The Morgan fingerprint density at radius 1 is 1.29 bits per heavy atom. The number of benzene rings is 1. The van der Waals surface area contributed by atoms with E-state index in [1.807, 2.05) is 0 Å². The van der Waals surface area contributed by atoms with Crippen molar-refractivity contribution >= 4 is 25.8 Å². The number of cyclic esters (lactones) is 1. The minimum Gasteiger partial charge on any atom is -0.449 e. The maximum atomic E-state index is 11.0. The smallest absolute Gasteiger partial charge is 0.407 e. The van der Waals surface area contributed by atoms with Gasteiger partial charge in [0.05, 0.1) is 4.90 Å². The van der Waals surface area contributed by atoms with E-state index in [0.717, 1.165) is 5.56 Å². The zero-order valence-electron chi connectivity index (χ0n) is 8.72. The Bertz CT molecular complexity index is 516. The predicted octanol–water partition coefficient (Wildman–Crippen LogP) is 1.44. The highest BCUT2D eigenvalue weighted by Crippen LogP contribution is 2.21. The molecule has 0 aliphatic carbocycles. The van der Waals surface area contributed by atoms with E-state index in [1.54, 1.807) is 12.1 Å². The zero-order valence-corrected chi connectivity index (χ0v) is 10.3. The predicted molar refractivity (Wildman–Crippen MR) is 61.6 cm³/mol. The first-order valence-corrected chi connectivity index (χ1v) is 7.23. The number of amides is 1. The average molecular weight is 276 g/mol. The summed E-state index contributed by atoms with van der Waals surface area (Å²) in [6.07, 6.45) is -0.429. The van der Waals surface area contributed by atoms with Crippen LogP contribution in [0.15, 0.2) is 29.2 Å². The lowest BCUT2D eigenvalue weighted by Crippen LogP contribution is -2.37. The molecule has 1 aliphatic heterocycles. The Morgan fingerprint density at radius 3 is 2.41 bits per heavy atom. The molecule has 1 aromatic carbocycles. The van der Waals surface area contributed by atoms with Crippen molar-refractivity contribution in [1.82, 2.24) is 5.32 Å². The first-order valence-electron chi connectivity index (χ1n) is 4.92. The van der Waals surface area contributed by atoms with E-state index in [2.05, 4.69) is 5.32 Å². The van der Waals surface area contributed by atoms with Gasteiger partial charge in [-0.2, -0.15) is 0 Å². The maximum absolute atomic E-state index is 11.0. The van der Waals surface area contributed by atoms with Gasteiger partial charge in [0.25, 0.3) is 9.05 Å². The summed E-state index contributed by atoms with van der Waals surface area (Å²) < 4.78 is 26.9. The standard InChI is InChI=1S/C10H10ClNO4S/c11-17(14,15)9-3-1-7(2-4-9)8-5-12-10(13)16-6-8/h1-4,8H,5-6H2,(H,12,13). The maximum Gasteiger partial charge on any atom is 0.407 e. The van der Waals surface area contributed by atoms with E-state index in [1.165, 1.54) is 12.1 Å². The van der Waals surface area contributed by atoms with Crippen molar-refractivity contribution in [3.8, 4) is 0 Å². The quantitative estimate of drug-likeness (QED) is 0.829. The summed E-state index contributed by atoms with van der Waals surface area (Å²) in [6.45, 7) is 0.768. The molecule has 1 aromatic rings. The molecule has 1 fully saturated rings. The zero-order chi connectivity index (χ0) is 12.5. The van der Waals surface area contributed by atoms with Gasteiger partial charge in [-0.1, -0.05) is 12.1 Å². The fourth-order valence-corrected chi connectivity index (χ4v) is 2.38. The van der Waals surface area contributed by atoms with E-state index in [4.69, 9.17) is 15.4 Å². The molecule has 92 valence electrons. The molecule has 0 radical (unpaired) electrons. The van der Waals surface area contributed by atoms with Crippen LogP contribution in [0.2, 0.25) is 0 Å². The van der Waals surface area contributed by atoms with Crippen LogP contribution >= 0.6 is 10.7 Å². The number of carbonyl (C=O) groups excluding carboxylic acids is 1. The Balaban J connectivity index is 2.16. The molecule has 1 atom stereocenters. The summed E-state index contributed by atoms with van der Waals surface area (Å²) in [6, 6.07) is 6.21. The molecule has 17 heavy (non-hydrogen) atoms. The lowest BCUT2D eigenvalue weighted by atomic mass is 9.99. The van der Waals surface area contributed by atoms with Gasteiger partial charge in [0.15, 0.2) is 0 Å². The number of carbonyl (C=O) groups is 1. The minimum atomic E-state index is -3.69. The molecule has 2 rings (SSSR count). The Morgan fingerprint density at radius 2 is 1.94 bits per heavy atom. The largest absolute Gasteiger partial charge is 0.449 e. The van der Waals surface area contributed by atoms with Crippen LogP contribution in [0.25, 0.3) is 0 Å². The van der Waals surface area contributed by atoms with Crippen molar-refractivity contribution in [2.24, 2.45) is 0 Å². The number of hydrogen-bond acceptors (Lipinski definition) is 4. The van der Waals surface area contributed by atoms with Crippen LogP contribution in [0.3, 0.4) is 0 Å². The molecule has 1 amide bonds. The van der Waals surface area contributed by atoms with Crippen molar-refractivity contribution in [3.05, 3.63) is 29.8 Å². The van der Waals surface area contributed by atoms with Crippen molar-refractivity contribution in [2.75, 3.05) is 13.2 Å². The number of rotatable bonds is 2. The van der Waals surface area contributed by atoms with Crippen molar-refractivity contribution in [1.29, 1.82) is 0 Å². The van der Waals surface area contributed by atoms with Crippen LogP contribution in [-0.2, 0) is 13.8 Å². The van der Waals surface area contributed by atoms with Crippen LogP contribution in [0.5, 0.6) is 0 Å². The van der Waals surface area contributed by atoms with Gasteiger partial charge in [-0.3, -0.25) is 0 Å². The Hall–Kier alpha value is -1.27. The molecule has 1 heterocycles. The average Bonchev–Trinajstić information content (AvgIpc) is 2.29. The molecule has 5 nitrogen and oxygen atoms in total. The molecule has 7 heteroatoms. The second-order valence-corrected chi connectivity index (χ2v) is 6.25. The van der Waals surface area contributed by atoms with Gasteiger partial charge in [-0.05, 0) is 17.7 Å². The fourth-order valence-electron chi connectivity index (χ4n) is 1.61. The van der Waals surface area contributed by atoms with Crippen LogP contribution in [0.1, 0.15) is 11.5 Å². The van der Waals surface area contributed by atoms with Gasteiger partial charge in [0.1, 0.15) is 6.61 Å². The van der Waals surface area contributed by atoms with Gasteiger partial charge in [-0.25, -0.2) is 13.2 Å². The van der Waals surface area contributed by atoms with Gasteiger partial charge in [0.2, 0.25) is 0 Å². The topological polar surface area (TPSA) is 72.5 Å². The highest BCUT2D eigenvalue weighted by atomic mass is 35.7. The first kappa shape index (κ1) is 12.2. The molecule has 1 N–H and O–H groups in total. The fraction of sp³-hybridized carbons (Fsp3) is 0.300. The molecular weight excluding hydrogens is 266 g/mol. The lowest BCUT2D eigenvalue weighted by Gasteiger charge is -2.23. The third-order valence-electron chi connectivity index (χ3n) is 2.54. The summed E-state index contributed by atoms with van der Waals surface area (Å²) in [5.74, 6) is 0.0276. The first-order chi connectivity index (χ1) is 7.97. The van der Waals surface area contributed by atoms with Gasteiger partial charge in [0, 0.05) is 23.1 Å². The monoisotopic (exact) mass is 275 g/mol. The summed E-state index contributed by atoms with van der Waals surface area (Å²) >= 11 is 0. The van der Waals surface area contributed by atoms with Crippen molar-refractivity contribution in [2.45, 2.75) is 10.8 Å². The highest BCUT2D eigenvalue weighted by Gasteiger charge is 2.21. The van der Waals surface area contributed by atoms with Gasteiger partial charge < -0.3 is 10.1 Å². The second kappa shape index (κ2) is 4.54.